The van der Waals surface area contributed by atoms with Gasteiger partial charge in [0.05, 0.1) is 12.0 Å². The summed E-state index contributed by atoms with van der Waals surface area (Å²) in [6, 6.07) is 12.7. The van der Waals surface area contributed by atoms with Gasteiger partial charge in [-0.1, -0.05) is 29.5 Å². The molecule has 0 atom stereocenters. The standard InChI is InChI=1S/C18H15N5O3S/c1-11-4-6-12(7-5-11)19-16(24)10-27-18-21-20-17(25)14-9-13(22-23(14)18)15-3-2-8-26-15/h2-9H,10H2,1H3,(H,19,24)(H,20,25). The van der Waals surface area contributed by atoms with Crippen molar-refractivity contribution in [2.45, 2.75) is 12.1 Å². The second-order valence-electron chi connectivity index (χ2n) is 5.84. The molecule has 0 radical (unpaired) electrons. The summed E-state index contributed by atoms with van der Waals surface area (Å²) in [5.41, 5.74) is 2.33. The Kier molecular flexibility index (Phi) is 4.51. The number of nitrogens with zero attached hydrogens (tertiary/aromatic N) is 3. The van der Waals surface area contributed by atoms with Gasteiger partial charge < -0.3 is 9.73 Å². The van der Waals surface area contributed by atoms with Crippen LogP contribution >= 0.6 is 11.8 Å². The maximum absolute atomic E-state index is 12.2. The zero-order valence-electron chi connectivity index (χ0n) is 14.3. The van der Waals surface area contributed by atoms with E-state index in [0.29, 0.717) is 22.1 Å². The van der Waals surface area contributed by atoms with Gasteiger partial charge in [-0.05, 0) is 31.2 Å². The number of furan rings is 1. The first-order valence-corrected chi connectivity index (χ1v) is 9.10. The van der Waals surface area contributed by atoms with Crippen molar-refractivity contribution in [3.05, 3.63) is 64.6 Å². The van der Waals surface area contributed by atoms with E-state index in [0.717, 1.165) is 11.3 Å². The van der Waals surface area contributed by atoms with E-state index >= 15 is 0 Å². The van der Waals surface area contributed by atoms with Gasteiger partial charge in [-0.3, -0.25) is 9.59 Å². The van der Waals surface area contributed by atoms with Crippen LogP contribution in [0.15, 0.2) is 63.1 Å². The van der Waals surface area contributed by atoms with Gasteiger partial charge in [0.2, 0.25) is 11.1 Å². The monoisotopic (exact) mass is 381 g/mol. The van der Waals surface area contributed by atoms with Crippen LogP contribution in [0.2, 0.25) is 0 Å². The Morgan fingerprint density at radius 2 is 2.11 bits per heavy atom. The third-order valence-corrected chi connectivity index (χ3v) is 4.75. The number of hydrogen-bond donors (Lipinski definition) is 2. The van der Waals surface area contributed by atoms with Gasteiger partial charge in [-0.25, -0.2) is 9.61 Å². The van der Waals surface area contributed by atoms with Gasteiger partial charge in [-0.15, -0.1) is 5.10 Å². The number of carbonyl (C=O) groups excluding carboxylic acids is 1. The molecule has 4 rings (SSSR count). The lowest BCUT2D eigenvalue weighted by Gasteiger charge is -2.05. The third kappa shape index (κ3) is 3.63. The number of aromatic amines is 1. The lowest BCUT2D eigenvalue weighted by Crippen LogP contribution is -2.17. The van der Waals surface area contributed by atoms with Crippen LogP contribution < -0.4 is 10.9 Å². The number of nitrogens with one attached hydrogen (secondary N) is 2. The van der Waals surface area contributed by atoms with Gasteiger partial charge in [0.1, 0.15) is 11.2 Å². The number of anilines is 1. The molecule has 0 saturated carbocycles. The van der Waals surface area contributed by atoms with Crippen molar-refractivity contribution in [1.82, 2.24) is 19.8 Å². The SMILES string of the molecule is Cc1ccc(NC(=O)CSc2n[nH]c(=O)c3cc(-c4ccco4)nn23)cc1. The highest BCUT2D eigenvalue weighted by molar-refractivity contribution is 7.99. The first-order valence-electron chi connectivity index (χ1n) is 8.12. The van der Waals surface area contributed by atoms with Crippen molar-refractivity contribution in [2.75, 3.05) is 11.1 Å². The molecule has 3 heterocycles. The normalized spacial score (nSPS) is 11.0. The van der Waals surface area contributed by atoms with Crippen LogP contribution in [-0.4, -0.2) is 31.5 Å². The molecule has 27 heavy (non-hydrogen) atoms. The Labute approximate surface area is 157 Å². The fourth-order valence-corrected chi connectivity index (χ4v) is 3.20. The van der Waals surface area contributed by atoms with Crippen LogP contribution in [0.1, 0.15) is 5.56 Å². The second kappa shape index (κ2) is 7.12. The number of rotatable bonds is 5. The molecule has 0 aliphatic carbocycles. The summed E-state index contributed by atoms with van der Waals surface area (Å²) in [6.45, 7) is 1.98. The number of thioether (sulfide) groups is 1. The summed E-state index contributed by atoms with van der Waals surface area (Å²) in [5.74, 6) is 0.493. The average Bonchev–Trinajstić information content (AvgIpc) is 3.33. The molecule has 9 heteroatoms. The summed E-state index contributed by atoms with van der Waals surface area (Å²) in [7, 11) is 0. The Bertz CT molecular complexity index is 1150. The number of fused-ring (bicyclic) bond motifs is 1. The first kappa shape index (κ1) is 17.1. The molecule has 1 amide bonds. The smallest absolute Gasteiger partial charge is 0.290 e. The van der Waals surface area contributed by atoms with E-state index in [2.05, 4.69) is 20.6 Å². The number of aryl methyl sites for hydroxylation is 1. The van der Waals surface area contributed by atoms with Crippen molar-refractivity contribution >= 4 is 28.9 Å². The predicted octanol–water partition coefficient (Wildman–Crippen LogP) is 2.72. The summed E-state index contributed by atoms with van der Waals surface area (Å²) in [4.78, 5) is 24.2. The maximum atomic E-state index is 12.2. The molecule has 0 bridgehead atoms. The van der Waals surface area contributed by atoms with Gasteiger partial charge in [-0.2, -0.15) is 5.10 Å². The zero-order chi connectivity index (χ0) is 18.8. The molecule has 0 saturated heterocycles. The average molecular weight is 381 g/mol. The fourth-order valence-electron chi connectivity index (χ4n) is 2.49. The molecule has 4 aromatic rings. The van der Waals surface area contributed by atoms with E-state index < -0.39 is 0 Å². The summed E-state index contributed by atoms with van der Waals surface area (Å²) in [5, 5.41) is 14.0. The zero-order valence-corrected chi connectivity index (χ0v) is 15.1. The highest BCUT2D eigenvalue weighted by Crippen LogP contribution is 2.22. The molecule has 0 spiro atoms. The van der Waals surface area contributed by atoms with Crippen molar-refractivity contribution in [1.29, 1.82) is 0 Å². The van der Waals surface area contributed by atoms with E-state index in [1.807, 2.05) is 31.2 Å². The van der Waals surface area contributed by atoms with E-state index in [-0.39, 0.29) is 17.2 Å². The molecule has 0 unspecified atom stereocenters. The minimum absolute atomic E-state index is 0.123. The van der Waals surface area contributed by atoms with Crippen LogP contribution in [0, 0.1) is 6.92 Å². The third-order valence-electron chi connectivity index (χ3n) is 3.82. The largest absolute Gasteiger partial charge is 0.463 e. The predicted molar refractivity (Wildman–Crippen MR) is 102 cm³/mol. The number of carbonyl (C=O) groups is 1. The number of hydrogen-bond acceptors (Lipinski definition) is 6. The minimum atomic E-state index is -0.367. The molecule has 0 aliphatic rings. The Morgan fingerprint density at radius 3 is 2.85 bits per heavy atom. The van der Waals surface area contributed by atoms with Gasteiger partial charge in [0.25, 0.3) is 5.56 Å². The summed E-state index contributed by atoms with van der Waals surface area (Å²) < 4.78 is 6.74. The minimum Gasteiger partial charge on any atom is -0.463 e. The van der Waals surface area contributed by atoms with Crippen molar-refractivity contribution < 1.29 is 9.21 Å². The number of aromatic nitrogens is 4. The van der Waals surface area contributed by atoms with Gasteiger partial charge >= 0.3 is 0 Å². The highest BCUT2D eigenvalue weighted by Gasteiger charge is 2.15. The molecule has 0 aliphatic heterocycles. The highest BCUT2D eigenvalue weighted by atomic mass is 32.2. The number of benzene rings is 1. The van der Waals surface area contributed by atoms with Crippen LogP contribution in [0.5, 0.6) is 0 Å². The molecule has 3 aromatic heterocycles. The van der Waals surface area contributed by atoms with E-state index in [1.165, 1.54) is 22.5 Å². The molecule has 2 N–H and O–H groups in total. The van der Waals surface area contributed by atoms with Gasteiger partial charge in [0, 0.05) is 11.8 Å². The summed E-state index contributed by atoms with van der Waals surface area (Å²) in [6.07, 6.45) is 1.53. The van der Waals surface area contributed by atoms with Crippen molar-refractivity contribution in [2.24, 2.45) is 0 Å². The second-order valence-corrected chi connectivity index (χ2v) is 6.78. The van der Waals surface area contributed by atoms with E-state index in [4.69, 9.17) is 4.42 Å². The topological polar surface area (TPSA) is 105 Å². The molecule has 136 valence electrons. The Hall–Kier alpha value is -3.33. The Balaban J connectivity index is 1.53. The van der Waals surface area contributed by atoms with Crippen molar-refractivity contribution in [3.8, 4) is 11.5 Å². The quantitative estimate of drug-likeness (QED) is 0.515. The molecule has 8 nitrogen and oxygen atoms in total. The first-order chi connectivity index (χ1) is 13.1. The van der Waals surface area contributed by atoms with E-state index in [1.54, 1.807) is 18.2 Å². The molecule has 1 aromatic carbocycles. The lowest BCUT2D eigenvalue weighted by molar-refractivity contribution is -0.113. The number of amides is 1. The van der Waals surface area contributed by atoms with Crippen LogP contribution in [0.25, 0.3) is 17.0 Å². The van der Waals surface area contributed by atoms with E-state index in [9.17, 15) is 9.59 Å². The summed E-state index contributed by atoms with van der Waals surface area (Å²) >= 11 is 1.18. The van der Waals surface area contributed by atoms with Crippen LogP contribution in [0.4, 0.5) is 5.69 Å². The van der Waals surface area contributed by atoms with Crippen LogP contribution in [-0.2, 0) is 4.79 Å². The van der Waals surface area contributed by atoms with Crippen molar-refractivity contribution in [3.63, 3.8) is 0 Å². The Morgan fingerprint density at radius 1 is 1.30 bits per heavy atom. The van der Waals surface area contributed by atoms with Crippen LogP contribution in [0.3, 0.4) is 0 Å². The molecule has 0 fully saturated rings. The molecular weight excluding hydrogens is 366 g/mol. The number of H-pyrrole nitrogens is 1. The molecular formula is C18H15N5O3S. The lowest BCUT2D eigenvalue weighted by atomic mass is 10.2. The van der Waals surface area contributed by atoms with Gasteiger partial charge in [0.15, 0.2) is 5.76 Å². The maximum Gasteiger partial charge on any atom is 0.290 e. The fraction of sp³-hybridized carbons (Fsp3) is 0.111.